The summed E-state index contributed by atoms with van der Waals surface area (Å²) in [6.45, 7) is 0.768. The van der Waals surface area contributed by atoms with E-state index in [0.717, 1.165) is 18.9 Å². The van der Waals surface area contributed by atoms with Gasteiger partial charge in [-0.15, -0.1) is 0 Å². The molecule has 0 unspecified atom stereocenters. The van der Waals surface area contributed by atoms with Crippen LogP contribution in [0.3, 0.4) is 0 Å². The van der Waals surface area contributed by atoms with Crippen molar-refractivity contribution < 1.29 is 9.66 Å². The van der Waals surface area contributed by atoms with Gasteiger partial charge in [0, 0.05) is 18.7 Å². The number of hydrogen-bond acceptors (Lipinski definition) is 4. The Morgan fingerprint density at radius 3 is 2.80 bits per heavy atom. The molecular formula is C15H22N2O3. The van der Waals surface area contributed by atoms with E-state index in [4.69, 9.17) is 4.74 Å². The van der Waals surface area contributed by atoms with Crippen molar-refractivity contribution in [1.82, 2.24) is 0 Å². The van der Waals surface area contributed by atoms with Crippen LogP contribution in [0.4, 0.5) is 11.4 Å². The maximum atomic E-state index is 11.0. The predicted octanol–water partition coefficient (Wildman–Crippen LogP) is 3.99. The van der Waals surface area contributed by atoms with Gasteiger partial charge < -0.3 is 10.1 Å². The molecule has 1 saturated carbocycles. The number of nitro groups is 1. The highest BCUT2D eigenvalue weighted by molar-refractivity contribution is 5.64. The summed E-state index contributed by atoms with van der Waals surface area (Å²) in [5, 5.41) is 14.2. The van der Waals surface area contributed by atoms with E-state index < -0.39 is 0 Å². The molecule has 0 amide bonds. The summed E-state index contributed by atoms with van der Waals surface area (Å²) in [5.74, 6) is 1.49. The first-order chi connectivity index (χ1) is 9.70. The van der Waals surface area contributed by atoms with Gasteiger partial charge in [0.15, 0.2) is 0 Å². The van der Waals surface area contributed by atoms with Gasteiger partial charge in [0.2, 0.25) is 0 Å². The highest BCUT2D eigenvalue weighted by atomic mass is 16.6. The molecular weight excluding hydrogens is 256 g/mol. The van der Waals surface area contributed by atoms with Crippen molar-refractivity contribution in [3.05, 3.63) is 28.3 Å². The largest absolute Gasteiger partial charge is 0.497 e. The van der Waals surface area contributed by atoms with E-state index in [9.17, 15) is 10.1 Å². The summed E-state index contributed by atoms with van der Waals surface area (Å²) in [6.07, 6.45) is 7.68. The molecule has 1 fully saturated rings. The zero-order valence-electron chi connectivity index (χ0n) is 11.9. The molecule has 0 aromatic heterocycles. The number of methoxy groups -OCH3 is 1. The van der Waals surface area contributed by atoms with Crippen molar-refractivity contribution in [3.63, 3.8) is 0 Å². The van der Waals surface area contributed by atoms with Gasteiger partial charge >= 0.3 is 0 Å². The molecule has 0 spiro atoms. The summed E-state index contributed by atoms with van der Waals surface area (Å²) in [5.41, 5.74) is 0.646. The van der Waals surface area contributed by atoms with E-state index >= 15 is 0 Å². The van der Waals surface area contributed by atoms with Crippen LogP contribution < -0.4 is 10.1 Å². The minimum atomic E-state index is -0.362. The molecule has 110 valence electrons. The number of hydrogen-bond donors (Lipinski definition) is 1. The fraction of sp³-hybridized carbons (Fsp3) is 0.600. The van der Waals surface area contributed by atoms with Gasteiger partial charge in [0.25, 0.3) is 5.69 Å². The molecule has 2 rings (SSSR count). The Hall–Kier alpha value is -1.78. The van der Waals surface area contributed by atoms with Crippen LogP contribution in [0.25, 0.3) is 0 Å². The molecule has 5 nitrogen and oxygen atoms in total. The van der Waals surface area contributed by atoms with E-state index in [1.807, 2.05) is 0 Å². The van der Waals surface area contributed by atoms with Crippen LogP contribution in [-0.2, 0) is 0 Å². The quantitative estimate of drug-likeness (QED) is 0.465. The van der Waals surface area contributed by atoms with E-state index in [1.165, 1.54) is 38.2 Å². The third-order valence-electron chi connectivity index (χ3n) is 3.98. The van der Waals surface area contributed by atoms with Gasteiger partial charge in [0.05, 0.1) is 12.0 Å². The molecule has 0 bridgehead atoms. The van der Waals surface area contributed by atoms with Crippen LogP contribution in [0, 0.1) is 16.0 Å². The van der Waals surface area contributed by atoms with Gasteiger partial charge in [-0.2, -0.15) is 0 Å². The average molecular weight is 278 g/mol. The van der Waals surface area contributed by atoms with Crippen molar-refractivity contribution in [2.45, 2.75) is 38.5 Å². The fourth-order valence-electron chi connectivity index (χ4n) is 2.86. The van der Waals surface area contributed by atoms with Gasteiger partial charge in [-0.25, -0.2) is 0 Å². The van der Waals surface area contributed by atoms with Crippen LogP contribution >= 0.6 is 0 Å². The Balaban J connectivity index is 1.88. The number of nitrogens with one attached hydrogen (secondary N) is 1. The zero-order chi connectivity index (χ0) is 14.4. The standard InChI is InChI=1S/C15H22N2O3/c1-20-13-8-9-15(17(18)19)14(11-13)16-10-4-7-12-5-2-3-6-12/h8-9,11-12,16H,2-7,10H2,1H3. The third-order valence-corrected chi connectivity index (χ3v) is 3.98. The highest BCUT2D eigenvalue weighted by Crippen LogP contribution is 2.30. The van der Waals surface area contributed by atoms with Gasteiger partial charge in [0.1, 0.15) is 11.4 Å². The molecule has 1 N–H and O–H groups in total. The number of rotatable bonds is 7. The molecule has 20 heavy (non-hydrogen) atoms. The molecule has 1 aromatic carbocycles. The van der Waals surface area contributed by atoms with Crippen molar-refractivity contribution in [2.24, 2.45) is 5.92 Å². The lowest BCUT2D eigenvalue weighted by molar-refractivity contribution is -0.384. The number of nitro benzene ring substituents is 1. The molecule has 5 heteroatoms. The first kappa shape index (κ1) is 14.6. The Morgan fingerprint density at radius 2 is 2.15 bits per heavy atom. The SMILES string of the molecule is COc1ccc([N+](=O)[O-])c(NCCCC2CCCC2)c1. The molecule has 0 heterocycles. The number of nitrogens with zero attached hydrogens (tertiary/aromatic N) is 1. The topological polar surface area (TPSA) is 64.4 Å². The highest BCUT2D eigenvalue weighted by Gasteiger charge is 2.16. The zero-order valence-corrected chi connectivity index (χ0v) is 11.9. The minimum absolute atomic E-state index is 0.103. The lowest BCUT2D eigenvalue weighted by Crippen LogP contribution is -2.06. The van der Waals surface area contributed by atoms with Crippen molar-refractivity contribution in [1.29, 1.82) is 0 Å². The van der Waals surface area contributed by atoms with E-state index in [-0.39, 0.29) is 10.6 Å². The molecule has 0 atom stereocenters. The van der Waals surface area contributed by atoms with Gasteiger partial charge in [-0.1, -0.05) is 25.7 Å². The second-order valence-corrected chi connectivity index (χ2v) is 5.36. The lowest BCUT2D eigenvalue weighted by Gasteiger charge is -2.11. The molecule has 1 aromatic rings. The smallest absolute Gasteiger partial charge is 0.292 e. The molecule has 1 aliphatic rings. The van der Waals surface area contributed by atoms with Gasteiger partial charge in [-0.05, 0) is 24.8 Å². The van der Waals surface area contributed by atoms with Crippen molar-refractivity contribution >= 4 is 11.4 Å². The van der Waals surface area contributed by atoms with Gasteiger partial charge in [-0.3, -0.25) is 10.1 Å². The van der Waals surface area contributed by atoms with E-state index in [1.54, 1.807) is 19.2 Å². The maximum Gasteiger partial charge on any atom is 0.292 e. The summed E-state index contributed by atoms with van der Waals surface area (Å²) < 4.78 is 5.11. The molecule has 0 aliphatic heterocycles. The predicted molar refractivity (Wildman–Crippen MR) is 79.3 cm³/mol. The summed E-state index contributed by atoms with van der Waals surface area (Å²) in [4.78, 5) is 10.6. The normalized spacial score (nSPS) is 15.2. The minimum Gasteiger partial charge on any atom is -0.497 e. The second kappa shape index (κ2) is 7.12. The van der Waals surface area contributed by atoms with Crippen LogP contribution in [0.1, 0.15) is 38.5 Å². The Morgan fingerprint density at radius 1 is 1.40 bits per heavy atom. The summed E-state index contributed by atoms with van der Waals surface area (Å²) >= 11 is 0. The van der Waals surface area contributed by atoms with E-state index in [2.05, 4.69) is 5.32 Å². The van der Waals surface area contributed by atoms with Crippen LogP contribution in [0.15, 0.2) is 18.2 Å². The Labute approximate surface area is 119 Å². The van der Waals surface area contributed by atoms with Crippen LogP contribution in [0.5, 0.6) is 5.75 Å². The average Bonchev–Trinajstić information content (AvgIpc) is 2.96. The first-order valence-electron chi connectivity index (χ1n) is 7.27. The molecule has 0 saturated heterocycles. The van der Waals surface area contributed by atoms with Crippen molar-refractivity contribution in [2.75, 3.05) is 19.0 Å². The number of ether oxygens (including phenoxy) is 1. The monoisotopic (exact) mass is 278 g/mol. The van der Waals surface area contributed by atoms with E-state index in [0.29, 0.717) is 11.4 Å². The van der Waals surface area contributed by atoms with Crippen LogP contribution in [-0.4, -0.2) is 18.6 Å². The fourth-order valence-corrected chi connectivity index (χ4v) is 2.86. The van der Waals surface area contributed by atoms with Crippen LogP contribution in [0.2, 0.25) is 0 Å². The Bertz CT molecular complexity index is 456. The maximum absolute atomic E-state index is 11.0. The lowest BCUT2D eigenvalue weighted by atomic mass is 10.0. The Kier molecular flexibility index (Phi) is 5.21. The van der Waals surface area contributed by atoms with Crippen molar-refractivity contribution in [3.8, 4) is 5.75 Å². The summed E-state index contributed by atoms with van der Waals surface area (Å²) in [6, 6.07) is 4.79. The number of benzene rings is 1. The first-order valence-corrected chi connectivity index (χ1v) is 7.27. The summed E-state index contributed by atoms with van der Waals surface area (Å²) in [7, 11) is 1.56. The molecule has 0 radical (unpaired) electrons. The number of anilines is 1. The molecule has 1 aliphatic carbocycles. The third kappa shape index (κ3) is 3.85. The second-order valence-electron chi connectivity index (χ2n) is 5.36.